The third-order valence-electron chi connectivity index (χ3n) is 4.02. The molecular weight excluding hydrogens is 186 g/mol. The van der Waals surface area contributed by atoms with Gasteiger partial charge in [0.1, 0.15) is 0 Å². The van der Waals surface area contributed by atoms with Crippen LogP contribution in [0.1, 0.15) is 52.9 Å². The minimum absolute atomic E-state index is 0.283. The van der Waals surface area contributed by atoms with E-state index in [4.69, 9.17) is 5.11 Å². The Kier molecular flexibility index (Phi) is 5.62. The van der Waals surface area contributed by atoms with Crippen LogP contribution in [0, 0.1) is 11.8 Å². The molecule has 2 heteroatoms. The summed E-state index contributed by atoms with van der Waals surface area (Å²) >= 11 is 0. The van der Waals surface area contributed by atoms with Gasteiger partial charge in [-0.25, -0.2) is 0 Å². The minimum atomic E-state index is 0.283. The van der Waals surface area contributed by atoms with Crippen molar-refractivity contribution in [2.75, 3.05) is 6.61 Å². The fraction of sp³-hybridized carbons (Fsp3) is 1.00. The Morgan fingerprint density at radius 1 is 1.13 bits per heavy atom. The van der Waals surface area contributed by atoms with E-state index in [1.165, 1.54) is 32.1 Å². The fourth-order valence-corrected chi connectivity index (χ4v) is 2.51. The predicted molar refractivity (Wildman–Crippen MR) is 64.9 cm³/mol. The molecule has 0 aliphatic heterocycles. The van der Waals surface area contributed by atoms with Gasteiger partial charge in [0.25, 0.3) is 0 Å². The molecule has 1 saturated carbocycles. The molecule has 0 saturated heterocycles. The normalized spacial score (nSPS) is 24.8. The Labute approximate surface area is 94.5 Å². The number of nitrogens with one attached hydrogen (secondary N) is 1. The molecule has 0 aromatic heterocycles. The van der Waals surface area contributed by atoms with Crippen molar-refractivity contribution in [3.8, 4) is 0 Å². The Bertz CT molecular complexity index is 166. The predicted octanol–water partition coefficient (Wildman–Crippen LogP) is 2.56. The van der Waals surface area contributed by atoms with Crippen LogP contribution in [-0.2, 0) is 0 Å². The summed E-state index contributed by atoms with van der Waals surface area (Å²) in [6.45, 7) is 6.87. The van der Waals surface area contributed by atoms with Gasteiger partial charge in [-0.05, 0) is 38.5 Å². The second-order valence-corrected chi connectivity index (χ2v) is 5.30. The quantitative estimate of drug-likeness (QED) is 0.735. The summed E-state index contributed by atoms with van der Waals surface area (Å²) in [5, 5.41) is 12.7. The Hall–Kier alpha value is -0.0800. The molecule has 0 amide bonds. The summed E-state index contributed by atoms with van der Waals surface area (Å²) in [6.07, 6.45) is 7.00. The highest BCUT2D eigenvalue weighted by Gasteiger charge is 2.22. The van der Waals surface area contributed by atoms with Crippen LogP contribution in [0.15, 0.2) is 0 Å². The molecule has 15 heavy (non-hydrogen) atoms. The highest BCUT2D eigenvalue weighted by molar-refractivity contribution is 4.79. The molecule has 2 N–H and O–H groups in total. The van der Waals surface area contributed by atoms with Crippen molar-refractivity contribution in [1.82, 2.24) is 5.32 Å². The van der Waals surface area contributed by atoms with Crippen LogP contribution in [0.2, 0.25) is 0 Å². The molecule has 0 spiro atoms. The van der Waals surface area contributed by atoms with Crippen LogP contribution in [0.5, 0.6) is 0 Å². The minimum Gasteiger partial charge on any atom is -0.396 e. The molecular formula is C13H27NO. The second-order valence-electron chi connectivity index (χ2n) is 5.30. The summed E-state index contributed by atoms with van der Waals surface area (Å²) in [7, 11) is 0. The fourth-order valence-electron chi connectivity index (χ4n) is 2.51. The molecule has 0 aromatic rings. The molecule has 1 rings (SSSR count). The van der Waals surface area contributed by atoms with E-state index in [0.29, 0.717) is 18.0 Å². The molecule has 3 atom stereocenters. The van der Waals surface area contributed by atoms with Crippen LogP contribution in [-0.4, -0.2) is 23.8 Å². The second kappa shape index (κ2) is 6.49. The van der Waals surface area contributed by atoms with E-state index in [2.05, 4.69) is 26.1 Å². The molecule has 0 radical (unpaired) electrons. The first-order valence-electron chi connectivity index (χ1n) is 6.52. The molecule has 3 unspecified atom stereocenters. The van der Waals surface area contributed by atoms with Gasteiger partial charge in [-0.1, -0.05) is 26.2 Å². The number of hydrogen-bond donors (Lipinski definition) is 2. The lowest BCUT2D eigenvalue weighted by Gasteiger charge is -2.32. The summed E-state index contributed by atoms with van der Waals surface area (Å²) < 4.78 is 0. The van der Waals surface area contributed by atoms with Crippen molar-refractivity contribution in [3.05, 3.63) is 0 Å². The van der Waals surface area contributed by atoms with E-state index >= 15 is 0 Å². The first-order valence-corrected chi connectivity index (χ1v) is 6.52. The maximum atomic E-state index is 9.09. The average molecular weight is 213 g/mol. The topological polar surface area (TPSA) is 32.3 Å². The highest BCUT2D eigenvalue weighted by Crippen LogP contribution is 2.26. The molecule has 1 aliphatic rings. The van der Waals surface area contributed by atoms with Crippen molar-refractivity contribution >= 4 is 0 Å². The van der Waals surface area contributed by atoms with Gasteiger partial charge in [-0.2, -0.15) is 0 Å². The third-order valence-corrected chi connectivity index (χ3v) is 4.02. The molecule has 90 valence electrons. The Balaban J connectivity index is 2.29. The van der Waals surface area contributed by atoms with E-state index in [-0.39, 0.29) is 6.61 Å². The van der Waals surface area contributed by atoms with Crippen molar-refractivity contribution in [2.45, 2.75) is 65.0 Å². The van der Waals surface area contributed by atoms with Gasteiger partial charge >= 0.3 is 0 Å². The standard InChI is InChI=1S/C13H27NO/c1-10(9-15)11(2)14-12(3)13-7-5-4-6-8-13/h10-15H,4-9H2,1-3H3. The zero-order valence-corrected chi connectivity index (χ0v) is 10.5. The van der Waals surface area contributed by atoms with Gasteiger partial charge in [-0.3, -0.25) is 0 Å². The van der Waals surface area contributed by atoms with Gasteiger partial charge in [-0.15, -0.1) is 0 Å². The largest absolute Gasteiger partial charge is 0.396 e. The van der Waals surface area contributed by atoms with Crippen LogP contribution in [0.3, 0.4) is 0 Å². The zero-order valence-electron chi connectivity index (χ0n) is 10.5. The Morgan fingerprint density at radius 2 is 1.73 bits per heavy atom. The smallest absolute Gasteiger partial charge is 0.0471 e. The van der Waals surface area contributed by atoms with Crippen molar-refractivity contribution < 1.29 is 5.11 Å². The summed E-state index contributed by atoms with van der Waals surface area (Å²) in [6, 6.07) is 1.03. The van der Waals surface area contributed by atoms with Gasteiger partial charge in [0.15, 0.2) is 0 Å². The molecule has 2 nitrogen and oxygen atoms in total. The van der Waals surface area contributed by atoms with Gasteiger partial charge in [0.2, 0.25) is 0 Å². The Morgan fingerprint density at radius 3 is 2.27 bits per heavy atom. The van der Waals surface area contributed by atoms with Crippen LogP contribution in [0.25, 0.3) is 0 Å². The van der Waals surface area contributed by atoms with Crippen LogP contribution in [0.4, 0.5) is 0 Å². The maximum absolute atomic E-state index is 9.09. The maximum Gasteiger partial charge on any atom is 0.0471 e. The van der Waals surface area contributed by atoms with Crippen molar-refractivity contribution in [1.29, 1.82) is 0 Å². The van der Waals surface area contributed by atoms with Crippen LogP contribution >= 0.6 is 0 Å². The molecule has 0 aromatic carbocycles. The number of rotatable bonds is 5. The molecule has 0 heterocycles. The monoisotopic (exact) mass is 213 g/mol. The number of aliphatic hydroxyl groups is 1. The van der Waals surface area contributed by atoms with Crippen LogP contribution < -0.4 is 5.32 Å². The number of hydrogen-bond acceptors (Lipinski definition) is 2. The lowest BCUT2D eigenvalue weighted by Crippen LogP contribution is -2.43. The summed E-state index contributed by atoms with van der Waals surface area (Å²) in [4.78, 5) is 0. The van der Waals surface area contributed by atoms with E-state index < -0.39 is 0 Å². The zero-order chi connectivity index (χ0) is 11.3. The van der Waals surface area contributed by atoms with E-state index in [0.717, 1.165) is 5.92 Å². The van der Waals surface area contributed by atoms with Crippen molar-refractivity contribution in [2.24, 2.45) is 11.8 Å². The van der Waals surface area contributed by atoms with E-state index in [1.54, 1.807) is 0 Å². The summed E-state index contributed by atoms with van der Waals surface area (Å²) in [5.74, 6) is 1.21. The average Bonchev–Trinajstić information content (AvgIpc) is 2.29. The van der Waals surface area contributed by atoms with Gasteiger partial charge in [0.05, 0.1) is 0 Å². The molecule has 1 aliphatic carbocycles. The number of aliphatic hydroxyl groups excluding tert-OH is 1. The third kappa shape index (κ3) is 4.12. The lowest BCUT2D eigenvalue weighted by atomic mass is 9.84. The SMILES string of the molecule is CC(CO)C(C)NC(C)C1CCCCC1. The first kappa shape index (κ1) is 13.0. The van der Waals surface area contributed by atoms with Crippen molar-refractivity contribution in [3.63, 3.8) is 0 Å². The molecule has 0 bridgehead atoms. The lowest BCUT2D eigenvalue weighted by molar-refractivity contribution is 0.185. The first-order chi connectivity index (χ1) is 7.15. The van der Waals surface area contributed by atoms with Gasteiger partial charge in [0, 0.05) is 18.7 Å². The molecule has 1 fully saturated rings. The van der Waals surface area contributed by atoms with E-state index in [1.807, 2.05) is 0 Å². The highest BCUT2D eigenvalue weighted by atomic mass is 16.3. The summed E-state index contributed by atoms with van der Waals surface area (Å²) in [5.41, 5.74) is 0. The van der Waals surface area contributed by atoms with E-state index in [9.17, 15) is 0 Å². The van der Waals surface area contributed by atoms with Gasteiger partial charge < -0.3 is 10.4 Å².